The van der Waals surface area contributed by atoms with Crippen LogP contribution in [0.4, 0.5) is 15.8 Å². The van der Waals surface area contributed by atoms with Crippen LogP contribution < -0.4 is 10.6 Å². The zero-order valence-electron chi connectivity index (χ0n) is 11.2. The van der Waals surface area contributed by atoms with Crippen molar-refractivity contribution in [3.8, 4) is 0 Å². The largest absolute Gasteiger partial charge is 0.326 e. The number of nitrogens with one attached hydrogen (secondary N) is 2. The fraction of sp³-hybridized carbons (Fsp3) is 0.0667. The van der Waals surface area contributed by atoms with Crippen LogP contribution in [-0.2, 0) is 9.59 Å². The number of carbonyl (C=O) groups is 2. The molecule has 0 atom stereocenters. The van der Waals surface area contributed by atoms with Gasteiger partial charge in [-0.1, -0.05) is 33.6 Å². The molecule has 0 aliphatic heterocycles. The summed E-state index contributed by atoms with van der Waals surface area (Å²) in [6.45, 7) is 0. The van der Waals surface area contributed by atoms with E-state index in [-0.39, 0.29) is 11.4 Å². The van der Waals surface area contributed by atoms with Crippen LogP contribution in [-0.4, -0.2) is 11.8 Å². The lowest BCUT2D eigenvalue weighted by Crippen LogP contribution is -2.21. The molecule has 0 heterocycles. The van der Waals surface area contributed by atoms with E-state index in [0.29, 0.717) is 11.4 Å². The number of carbonyl (C=O) groups excluding carboxylic acids is 2. The third-order valence-corrected chi connectivity index (χ3v) is 3.42. The molecule has 4 nitrogen and oxygen atoms in total. The van der Waals surface area contributed by atoms with E-state index in [9.17, 15) is 14.0 Å². The summed E-state index contributed by atoms with van der Waals surface area (Å²) in [5.41, 5.74) is 0.906. The molecule has 0 aromatic heterocycles. The van der Waals surface area contributed by atoms with Crippen molar-refractivity contribution < 1.29 is 14.0 Å². The first-order valence-corrected chi connectivity index (χ1v) is 7.41. The van der Waals surface area contributed by atoms with Crippen molar-refractivity contribution in [2.75, 3.05) is 10.6 Å². The second-order valence-corrected chi connectivity index (χ2v) is 5.74. The van der Waals surface area contributed by atoms with Crippen molar-refractivity contribution in [2.45, 2.75) is 6.42 Å². The molecule has 2 rings (SSSR count). The highest BCUT2D eigenvalue weighted by atomic mass is 79.9. The van der Waals surface area contributed by atoms with Gasteiger partial charge in [0.15, 0.2) is 0 Å². The lowest BCUT2D eigenvalue weighted by atomic mass is 10.2. The molecule has 0 fully saturated rings. The van der Waals surface area contributed by atoms with E-state index in [1.165, 1.54) is 12.1 Å². The van der Waals surface area contributed by atoms with Crippen LogP contribution in [0, 0.1) is 5.82 Å². The van der Waals surface area contributed by atoms with Gasteiger partial charge in [0.2, 0.25) is 11.8 Å². The Balaban J connectivity index is 1.91. The summed E-state index contributed by atoms with van der Waals surface area (Å²) in [7, 11) is 0. The van der Waals surface area contributed by atoms with E-state index in [1.807, 2.05) is 6.07 Å². The highest BCUT2D eigenvalue weighted by molar-refractivity contribution is 9.10. The van der Waals surface area contributed by atoms with Crippen LogP contribution >= 0.6 is 27.5 Å². The average Bonchev–Trinajstić information content (AvgIpc) is 2.42. The zero-order chi connectivity index (χ0) is 16.1. The van der Waals surface area contributed by atoms with E-state index in [2.05, 4.69) is 26.6 Å². The molecule has 0 saturated carbocycles. The van der Waals surface area contributed by atoms with Gasteiger partial charge in [0, 0.05) is 15.8 Å². The topological polar surface area (TPSA) is 58.2 Å². The molecule has 0 bridgehead atoms. The predicted molar refractivity (Wildman–Crippen MR) is 87.4 cm³/mol. The summed E-state index contributed by atoms with van der Waals surface area (Å²) >= 11 is 8.90. The summed E-state index contributed by atoms with van der Waals surface area (Å²) in [4.78, 5) is 23.5. The maximum atomic E-state index is 13.0. The Morgan fingerprint density at radius 1 is 1.05 bits per heavy atom. The first-order chi connectivity index (χ1) is 10.4. The van der Waals surface area contributed by atoms with Crippen LogP contribution in [0.1, 0.15) is 6.42 Å². The van der Waals surface area contributed by atoms with Crippen LogP contribution in [0.5, 0.6) is 0 Å². The Morgan fingerprint density at radius 3 is 2.27 bits per heavy atom. The van der Waals surface area contributed by atoms with E-state index in [1.54, 1.807) is 18.2 Å². The maximum Gasteiger partial charge on any atom is 0.233 e. The van der Waals surface area contributed by atoms with Crippen LogP contribution in [0.15, 0.2) is 46.9 Å². The molecule has 0 spiro atoms. The number of rotatable bonds is 4. The predicted octanol–water partition coefficient (Wildman–Crippen LogP) is 4.21. The highest BCUT2D eigenvalue weighted by Gasteiger charge is 2.11. The molecule has 2 amide bonds. The first kappa shape index (κ1) is 16.5. The second-order valence-electron chi connectivity index (χ2n) is 4.41. The lowest BCUT2D eigenvalue weighted by molar-refractivity contribution is -0.123. The van der Waals surface area contributed by atoms with Crippen LogP contribution in [0.2, 0.25) is 5.02 Å². The number of halogens is 3. The van der Waals surface area contributed by atoms with Gasteiger partial charge in [0.1, 0.15) is 12.2 Å². The molecular formula is C15H11BrClFN2O2. The Hall–Kier alpha value is -1.92. The standard InChI is InChI=1S/C15H11BrClFN2O2/c16-9-2-1-3-10(6-9)19-14(21)8-15(22)20-11-4-5-13(18)12(17)7-11/h1-7H,8H2,(H,19,21)(H,20,22). The Bertz CT molecular complexity index is 724. The summed E-state index contributed by atoms with van der Waals surface area (Å²) in [6, 6.07) is 10.8. The van der Waals surface area contributed by atoms with Gasteiger partial charge >= 0.3 is 0 Å². The number of amides is 2. The number of anilines is 2. The summed E-state index contributed by atoms with van der Waals surface area (Å²) in [6.07, 6.45) is -0.360. The molecule has 2 aromatic rings. The molecule has 7 heteroatoms. The van der Waals surface area contributed by atoms with E-state index in [4.69, 9.17) is 11.6 Å². The monoisotopic (exact) mass is 384 g/mol. The smallest absolute Gasteiger partial charge is 0.233 e. The van der Waals surface area contributed by atoms with Crippen molar-refractivity contribution in [1.29, 1.82) is 0 Å². The molecule has 0 aliphatic carbocycles. The molecule has 0 aliphatic rings. The van der Waals surface area contributed by atoms with Gasteiger partial charge in [0.05, 0.1) is 5.02 Å². The van der Waals surface area contributed by atoms with Crippen molar-refractivity contribution in [2.24, 2.45) is 0 Å². The molecule has 22 heavy (non-hydrogen) atoms. The zero-order valence-corrected chi connectivity index (χ0v) is 13.5. The Labute approximate surface area is 139 Å². The average molecular weight is 386 g/mol. The van der Waals surface area contributed by atoms with Crippen LogP contribution in [0.3, 0.4) is 0 Å². The number of benzene rings is 2. The lowest BCUT2D eigenvalue weighted by Gasteiger charge is -2.07. The first-order valence-electron chi connectivity index (χ1n) is 6.24. The van der Waals surface area contributed by atoms with Gasteiger partial charge in [-0.3, -0.25) is 9.59 Å². The summed E-state index contributed by atoms with van der Waals surface area (Å²) in [5.74, 6) is -1.55. The molecule has 114 valence electrons. The van der Waals surface area contributed by atoms with Crippen molar-refractivity contribution in [3.05, 3.63) is 57.8 Å². The van der Waals surface area contributed by atoms with Gasteiger partial charge in [-0.05, 0) is 36.4 Å². The van der Waals surface area contributed by atoms with Gasteiger partial charge in [0.25, 0.3) is 0 Å². The molecule has 2 aromatic carbocycles. The van der Waals surface area contributed by atoms with Gasteiger partial charge in [-0.25, -0.2) is 4.39 Å². The van der Waals surface area contributed by atoms with Crippen molar-refractivity contribution in [1.82, 2.24) is 0 Å². The Kier molecular flexibility index (Phi) is 5.51. The quantitative estimate of drug-likeness (QED) is 0.775. The SMILES string of the molecule is O=C(CC(=O)Nc1ccc(F)c(Cl)c1)Nc1cccc(Br)c1. The maximum absolute atomic E-state index is 13.0. The summed E-state index contributed by atoms with van der Waals surface area (Å²) < 4.78 is 13.8. The van der Waals surface area contributed by atoms with E-state index < -0.39 is 17.6 Å². The minimum absolute atomic E-state index is 0.101. The molecule has 0 saturated heterocycles. The summed E-state index contributed by atoms with van der Waals surface area (Å²) in [5, 5.41) is 4.98. The fourth-order valence-electron chi connectivity index (χ4n) is 1.70. The molecule has 0 radical (unpaired) electrons. The fourth-order valence-corrected chi connectivity index (χ4v) is 2.28. The van der Waals surface area contributed by atoms with Gasteiger partial charge in [-0.2, -0.15) is 0 Å². The number of hydrogen-bond donors (Lipinski definition) is 2. The van der Waals surface area contributed by atoms with Gasteiger partial charge < -0.3 is 10.6 Å². The third-order valence-electron chi connectivity index (χ3n) is 2.63. The van der Waals surface area contributed by atoms with E-state index in [0.717, 1.165) is 10.5 Å². The van der Waals surface area contributed by atoms with Gasteiger partial charge in [-0.15, -0.1) is 0 Å². The van der Waals surface area contributed by atoms with Crippen molar-refractivity contribution >= 4 is 50.7 Å². The third kappa shape index (κ3) is 4.82. The minimum Gasteiger partial charge on any atom is -0.326 e. The van der Waals surface area contributed by atoms with Crippen LogP contribution in [0.25, 0.3) is 0 Å². The Morgan fingerprint density at radius 2 is 1.68 bits per heavy atom. The van der Waals surface area contributed by atoms with Crippen molar-refractivity contribution in [3.63, 3.8) is 0 Å². The minimum atomic E-state index is -0.577. The van der Waals surface area contributed by atoms with E-state index >= 15 is 0 Å². The molecule has 0 unspecified atom stereocenters. The second kappa shape index (κ2) is 7.38. The number of hydrogen-bond acceptors (Lipinski definition) is 2. The normalized spacial score (nSPS) is 10.1. The highest BCUT2D eigenvalue weighted by Crippen LogP contribution is 2.19. The molecular weight excluding hydrogens is 375 g/mol. The molecule has 2 N–H and O–H groups in total.